The first-order valence-corrected chi connectivity index (χ1v) is 11.8. The molecule has 0 amide bonds. The van der Waals surface area contributed by atoms with E-state index >= 15 is 8.78 Å². The van der Waals surface area contributed by atoms with Gasteiger partial charge in [0.15, 0.2) is 17.3 Å². The summed E-state index contributed by atoms with van der Waals surface area (Å²) in [4.78, 5) is 20.9. The van der Waals surface area contributed by atoms with Crippen molar-refractivity contribution in [2.75, 3.05) is 50.2 Å². The molecule has 188 valence electrons. The van der Waals surface area contributed by atoms with Crippen molar-refractivity contribution >= 4 is 35.5 Å². The van der Waals surface area contributed by atoms with Crippen molar-refractivity contribution < 1.29 is 18.6 Å². The van der Waals surface area contributed by atoms with Gasteiger partial charge in [0.2, 0.25) is 0 Å². The van der Waals surface area contributed by atoms with Crippen LogP contribution < -0.4 is 9.80 Å². The minimum Gasteiger partial charge on any atom is -0.499 e. The Kier molecular flexibility index (Phi) is 7.30. The van der Waals surface area contributed by atoms with Gasteiger partial charge in [-0.2, -0.15) is 0 Å². The number of nitrogens with zero attached hydrogens (tertiary/aromatic N) is 6. The summed E-state index contributed by atoms with van der Waals surface area (Å²) in [6.07, 6.45) is 3.63. The molecule has 0 atom stereocenters. The Morgan fingerprint density at radius 2 is 2.06 bits per heavy atom. The maximum Gasteiger partial charge on any atom is 0.170 e. The molecule has 1 saturated carbocycles. The van der Waals surface area contributed by atoms with Crippen LogP contribution in [-0.2, 0) is 10.4 Å². The molecule has 8 nitrogen and oxygen atoms in total. The second-order valence-corrected chi connectivity index (χ2v) is 9.14. The molecular weight excluding hydrogens is 454 g/mol. The van der Waals surface area contributed by atoms with E-state index in [2.05, 4.69) is 31.6 Å². The first kappa shape index (κ1) is 25.0. The molecule has 2 heterocycles. The largest absolute Gasteiger partial charge is 0.499 e. The van der Waals surface area contributed by atoms with E-state index in [1.165, 1.54) is 12.4 Å². The number of hydrogen-bond acceptors (Lipinski definition) is 7. The van der Waals surface area contributed by atoms with Crippen molar-refractivity contribution in [2.24, 2.45) is 15.9 Å². The zero-order valence-electron chi connectivity index (χ0n) is 20.5. The van der Waals surface area contributed by atoms with E-state index in [1.807, 2.05) is 13.0 Å². The minimum absolute atomic E-state index is 0.0509. The van der Waals surface area contributed by atoms with Crippen molar-refractivity contribution in [1.29, 1.82) is 0 Å². The molecule has 0 radical (unpaired) electrons. The highest BCUT2D eigenvalue weighted by Crippen LogP contribution is 2.49. The SMILES string of the molecule is C=N/C=N\C(=C(/C)OC)C1CCN(c2nc(C3(F)CC3)nc3c(F)cc(N(C)CCO)cc23)CC1. The first-order valence-electron chi connectivity index (χ1n) is 11.8. The Labute approximate surface area is 204 Å². The fourth-order valence-electron chi connectivity index (χ4n) is 4.49. The van der Waals surface area contributed by atoms with Gasteiger partial charge in [-0.15, -0.1) is 0 Å². The molecule has 1 aromatic heterocycles. The highest BCUT2D eigenvalue weighted by Gasteiger charge is 2.48. The minimum atomic E-state index is -1.59. The Bertz CT molecular complexity index is 1160. The number of aliphatic hydroxyl groups is 1. The number of rotatable bonds is 9. The number of benzene rings is 1. The van der Waals surface area contributed by atoms with Gasteiger partial charge < -0.3 is 19.6 Å². The topological polar surface area (TPSA) is 86.4 Å². The van der Waals surface area contributed by atoms with Gasteiger partial charge in [-0.1, -0.05) is 0 Å². The summed E-state index contributed by atoms with van der Waals surface area (Å²) in [7, 11) is 3.39. The molecule has 2 aliphatic rings. The van der Waals surface area contributed by atoms with E-state index in [1.54, 1.807) is 19.1 Å². The maximum atomic E-state index is 15.2. The molecule has 2 aromatic rings. The number of anilines is 2. The molecule has 0 spiro atoms. The second kappa shape index (κ2) is 10.2. The number of hydrogen-bond donors (Lipinski definition) is 1. The number of ether oxygens (including phenoxy) is 1. The number of methoxy groups -OCH3 is 1. The average molecular weight is 487 g/mol. The molecule has 10 heteroatoms. The lowest BCUT2D eigenvalue weighted by Gasteiger charge is -2.34. The molecule has 1 aliphatic carbocycles. The van der Waals surface area contributed by atoms with Gasteiger partial charge in [-0.05, 0) is 51.5 Å². The summed E-state index contributed by atoms with van der Waals surface area (Å²) in [5.41, 5.74) is -0.0370. The fraction of sp³-hybridized carbons (Fsp3) is 0.520. The summed E-state index contributed by atoms with van der Waals surface area (Å²) in [5, 5.41) is 9.85. The van der Waals surface area contributed by atoms with E-state index in [0.717, 1.165) is 24.3 Å². The third kappa shape index (κ3) is 5.12. The Hall–Kier alpha value is -3.14. The molecule has 1 aromatic carbocycles. The fourth-order valence-corrected chi connectivity index (χ4v) is 4.49. The highest BCUT2D eigenvalue weighted by molar-refractivity contribution is 5.93. The first-order chi connectivity index (χ1) is 16.8. The van der Waals surface area contributed by atoms with Crippen LogP contribution in [0.15, 0.2) is 33.6 Å². The number of aliphatic hydroxyl groups excluding tert-OH is 1. The van der Waals surface area contributed by atoms with Crippen LogP contribution in [0.3, 0.4) is 0 Å². The molecule has 35 heavy (non-hydrogen) atoms. The lowest BCUT2D eigenvalue weighted by atomic mass is 9.92. The monoisotopic (exact) mass is 486 g/mol. The third-order valence-corrected chi connectivity index (χ3v) is 6.81. The predicted molar refractivity (Wildman–Crippen MR) is 135 cm³/mol. The number of fused-ring (bicyclic) bond motifs is 1. The van der Waals surface area contributed by atoms with Crippen molar-refractivity contribution in [2.45, 2.75) is 38.3 Å². The smallest absolute Gasteiger partial charge is 0.170 e. The predicted octanol–water partition coefficient (Wildman–Crippen LogP) is 3.98. The van der Waals surface area contributed by atoms with Gasteiger partial charge in [0, 0.05) is 43.7 Å². The second-order valence-electron chi connectivity index (χ2n) is 9.14. The van der Waals surface area contributed by atoms with Crippen LogP contribution in [0, 0.1) is 11.7 Å². The van der Waals surface area contributed by atoms with Crippen LogP contribution in [-0.4, -0.2) is 68.5 Å². The quantitative estimate of drug-likeness (QED) is 0.328. The highest BCUT2D eigenvalue weighted by atomic mass is 19.1. The van der Waals surface area contributed by atoms with Crippen LogP contribution in [0.5, 0.6) is 0 Å². The van der Waals surface area contributed by atoms with Gasteiger partial charge in [-0.25, -0.2) is 23.7 Å². The third-order valence-electron chi connectivity index (χ3n) is 6.81. The number of aromatic nitrogens is 2. The number of alkyl halides is 1. The van der Waals surface area contributed by atoms with Gasteiger partial charge in [0.1, 0.15) is 23.4 Å². The molecule has 1 saturated heterocycles. The van der Waals surface area contributed by atoms with Gasteiger partial charge in [-0.3, -0.25) is 4.99 Å². The van der Waals surface area contributed by atoms with Crippen molar-refractivity contribution in [3.63, 3.8) is 0 Å². The van der Waals surface area contributed by atoms with E-state index in [9.17, 15) is 5.11 Å². The Morgan fingerprint density at radius 1 is 1.34 bits per heavy atom. The van der Waals surface area contributed by atoms with Gasteiger partial charge in [0.25, 0.3) is 0 Å². The van der Waals surface area contributed by atoms with E-state index in [4.69, 9.17) is 4.74 Å². The summed E-state index contributed by atoms with van der Waals surface area (Å²) >= 11 is 0. The molecule has 4 rings (SSSR count). The van der Waals surface area contributed by atoms with E-state index in [-0.39, 0.29) is 23.9 Å². The van der Waals surface area contributed by atoms with E-state index in [0.29, 0.717) is 49.4 Å². The zero-order chi connectivity index (χ0) is 25.2. The van der Waals surface area contributed by atoms with Crippen LogP contribution >= 0.6 is 0 Å². The van der Waals surface area contributed by atoms with Crippen LogP contribution in [0.2, 0.25) is 0 Å². The zero-order valence-corrected chi connectivity index (χ0v) is 20.5. The maximum absolute atomic E-state index is 15.2. The molecule has 2 fully saturated rings. The van der Waals surface area contributed by atoms with Crippen molar-refractivity contribution in [1.82, 2.24) is 9.97 Å². The summed E-state index contributed by atoms with van der Waals surface area (Å²) in [6.45, 7) is 6.88. The summed E-state index contributed by atoms with van der Waals surface area (Å²) in [5.74, 6) is 0.935. The number of aliphatic imine (C=N–C) groups is 2. The van der Waals surface area contributed by atoms with Gasteiger partial charge >= 0.3 is 0 Å². The molecule has 0 bridgehead atoms. The molecule has 1 aliphatic heterocycles. The lowest BCUT2D eigenvalue weighted by molar-refractivity contribution is 0.278. The normalized spacial score (nSPS) is 18.6. The van der Waals surface area contributed by atoms with Crippen molar-refractivity contribution in [3.8, 4) is 0 Å². The standard InChI is InChI=1S/C25H32F2N6O2/c1-16(35-4)21(29-15-28-2)17-5-9-33(10-6-17)23-19-13-18(32(3)11-12-34)14-20(26)22(19)30-24(31-23)25(27)7-8-25/h13-15,17,34H,2,5-12H2,1,3-4H3/b21-16+,29-15-. The lowest BCUT2D eigenvalue weighted by Crippen LogP contribution is -2.35. The number of halogens is 2. The Morgan fingerprint density at radius 3 is 2.66 bits per heavy atom. The van der Waals surface area contributed by atoms with Gasteiger partial charge in [0.05, 0.1) is 19.4 Å². The Balaban J connectivity index is 1.71. The molecule has 1 N–H and O–H groups in total. The van der Waals surface area contributed by atoms with Crippen LogP contribution in [0.1, 0.15) is 38.4 Å². The van der Waals surface area contributed by atoms with Crippen LogP contribution in [0.25, 0.3) is 10.9 Å². The molecule has 0 unspecified atom stereocenters. The van der Waals surface area contributed by atoms with Crippen molar-refractivity contribution in [3.05, 3.63) is 35.2 Å². The number of piperidine rings is 1. The number of allylic oxidation sites excluding steroid dienone is 2. The summed E-state index contributed by atoms with van der Waals surface area (Å²) < 4.78 is 35.7. The van der Waals surface area contributed by atoms with Crippen LogP contribution in [0.4, 0.5) is 20.3 Å². The summed E-state index contributed by atoms with van der Waals surface area (Å²) in [6, 6.07) is 3.19. The number of likely N-dealkylation sites (N-methyl/N-ethyl adjacent to an activating group) is 1. The van der Waals surface area contributed by atoms with E-state index < -0.39 is 11.5 Å². The average Bonchev–Trinajstić information content (AvgIpc) is 3.62. The molecular formula is C25H32F2N6O2.